The van der Waals surface area contributed by atoms with E-state index in [0.717, 1.165) is 5.56 Å². The van der Waals surface area contributed by atoms with Crippen LogP contribution in [0.1, 0.15) is 5.56 Å². The molecule has 0 radical (unpaired) electrons. The molecule has 3 heteroatoms. The fourth-order valence-corrected chi connectivity index (χ4v) is 2.50. The fraction of sp³-hybridized carbons (Fsp3) is 0.0769. The van der Waals surface area contributed by atoms with Crippen LogP contribution in [0.3, 0.4) is 0 Å². The number of hydrogen-bond donors (Lipinski definition) is 0. The zero-order valence-electron chi connectivity index (χ0n) is 8.60. The summed E-state index contributed by atoms with van der Waals surface area (Å²) >= 11 is 0. The van der Waals surface area contributed by atoms with Gasteiger partial charge in [-0.15, -0.1) is 0 Å². The second-order valence-electron chi connectivity index (χ2n) is 3.43. The van der Waals surface area contributed by atoms with Gasteiger partial charge in [0.1, 0.15) is 5.82 Å². The van der Waals surface area contributed by atoms with Crippen LogP contribution in [0.5, 0.6) is 0 Å². The zero-order valence-corrected chi connectivity index (χ0v) is 9.41. The lowest BCUT2D eigenvalue weighted by molar-refractivity contribution is 0.626. The molecule has 1 nitrogen and oxygen atoms in total. The molecule has 0 spiro atoms. The molecular formula is C13H11FOS. The Hall–Kier alpha value is -1.48. The lowest BCUT2D eigenvalue weighted by Crippen LogP contribution is -1.96. The van der Waals surface area contributed by atoms with Gasteiger partial charge in [0.2, 0.25) is 0 Å². The lowest BCUT2D eigenvalue weighted by atomic mass is 10.2. The van der Waals surface area contributed by atoms with Crippen LogP contribution in [0.2, 0.25) is 0 Å². The molecule has 0 amide bonds. The third kappa shape index (κ3) is 2.76. The van der Waals surface area contributed by atoms with Crippen molar-refractivity contribution in [1.82, 2.24) is 0 Å². The lowest BCUT2D eigenvalue weighted by Gasteiger charge is -2.02. The highest BCUT2D eigenvalue weighted by molar-refractivity contribution is 7.84. The minimum absolute atomic E-state index is 0.305. The molecule has 1 atom stereocenters. The summed E-state index contributed by atoms with van der Waals surface area (Å²) in [5.74, 6) is 0.160. The van der Waals surface area contributed by atoms with Gasteiger partial charge in [-0.05, 0) is 29.8 Å². The van der Waals surface area contributed by atoms with Crippen LogP contribution in [-0.4, -0.2) is 4.21 Å². The fourth-order valence-electron chi connectivity index (χ4n) is 1.40. The van der Waals surface area contributed by atoms with Crippen molar-refractivity contribution in [3.05, 3.63) is 66.0 Å². The van der Waals surface area contributed by atoms with Gasteiger partial charge in [-0.2, -0.15) is 0 Å². The molecule has 2 aromatic rings. The molecule has 0 aliphatic heterocycles. The molecule has 0 aliphatic rings. The van der Waals surface area contributed by atoms with Gasteiger partial charge >= 0.3 is 0 Å². The van der Waals surface area contributed by atoms with Crippen LogP contribution >= 0.6 is 0 Å². The monoisotopic (exact) mass is 234 g/mol. The van der Waals surface area contributed by atoms with Crippen molar-refractivity contribution in [3.63, 3.8) is 0 Å². The molecule has 0 heterocycles. The van der Waals surface area contributed by atoms with E-state index in [0.29, 0.717) is 10.6 Å². The Morgan fingerprint density at radius 3 is 2.19 bits per heavy atom. The summed E-state index contributed by atoms with van der Waals surface area (Å²) in [6.07, 6.45) is 0. The second-order valence-corrected chi connectivity index (χ2v) is 4.88. The molecule has 2 aromatic carbocycles. The molecule has 16 heavy (non-hydrogen) atoms. The van der Waals surface area contributed by atoms with Crippen LogP contribution in [0.25, 0.3) is 0 Å². The first-order valence-electron chi connectivity index (χ1n) is 4.93. The SMILES string of the molecule is O=S(Cc1ccccc1)c1ccc(F)cc1. The number of halogens is 1. The van der Waals surface area contributed by atoms with E-state index in [1.165, 1.54) is 12.1 Å². The molecular weight excluding hydrogens is 223 g/mol. The third-order valence-electron chi connectivity index (χ3n) is 2.22. The summed E-state index contributed by atoms with van der Waals surface area (Å²) in [7, 11) is -1.11. The third-order valence-corrected chi connectivity index (χ3v) is 3.61. The molecule has 0 saturated carbocycles. The van der Waals surface area contributed by atoms with Crippen LogP contribution in [0.15, 0.2) is 59.5 Å². The van der Waals surface area contributed by atoms with Crippen LogP contribution in [0.4, 0.5) is 4.39 Å². The Morgan fingerprint density at radius 2 is 1.56 bits per heavy atom. The van der Waals surface area contributed by atoms with Crippen LogP contribution in [-0.2, 0) is 16.6 Å². The van der Waals surface area contributed by atoms with E-state index in [2.05, 4.69) is 0 Å². The van der Waals surface area contributed by atoms with Gasteiger partial charge in [-0.3, -0.25) is 4.21 Å². The normalized spacial score (nSPS) is 12.3. The van der Waals surface area contributed by atoms with E-state index in [1.807, 2.05) is 30.3 Å². The minimum atomic E-state index is -1.11. The Labute approximate surface area is 96.4 Å². The average Bonchev–Trinajstić information content (AvgIpc) is 2.31. The van der Waals surface area contributed by atoms with E-state index in [4.69, 9.17) is 0 Å². The molecule has 0 aromatic heterocycles. The molecule has 2 rings (SSSR count). The number of benzene rings is 2. The van der Waals surface area contributed by atoms with E-state index in [-0.39, 0.29) is 5.82 Å². The van der Waals surface area contributed by atoms with Gasteiger partial charge in [0.05, 0.1) is 16.6 Å². The van der Waals surface area contributed by atoms with E-state index in [1.54, 1.807) is 12.1 Å². The van der Waals surface area contributed by atoms with Crippen molar-refractivity contribution in [3.8, 4) is 0 Å². The minimum Gasteiger partial charge on any atom is -0.254 e. The van der Waals surface area contributed by atoms with Crippen molar-refractivity contribution in [1.29, 1.82) is 0 Å². The molecule has 0 saturated heterocycles. The predicted octanol–water partition coefficient (Wildman–Crippen LogP) is 3.13. The summed E-state index contributed by atoms with van der Waals surface area (Å²) in [5, 5.41) is 0. The van der Waals surface area contributed by atoms with Crippen LogP contribution < -0.4 is 0 Å². The van der Waals surface area contributed by atoms with Crippen molar-refractivity contribution in [2.45, 2.75) is 10.6 Å². The summed E-state index contributed by atoms with van der Waals surface area (Å²) in [6.45, 7) is 0. The number of rotatable bonds is 3. The quantitative estimate of drug-likeness (QED) is 0.797. The zero-order chi connectivity index (χ0) is 11.4. The standard InChI is InChI=1S/C13H11FOS/c14-12-6-8-13(9-7-12)16(15)10-11-4-2-1-3-5-11/h1-9H,10H2. The summed E-state index contributed by atoms with van der Waals surface area (Å²) in [4.78, 5) is 0.658. The van der Waals surface area contributed by atoms with Crippen LogP contribution in [0, 0.1) is 5.82 Å². The highest BCUT2D eigenvalue weighted by atomic mass is 32.2. The van der Waals surface area contributed by atoms with Gasteiger partial charge in [-0.1, -0.05) is 30.3 Å². The van der Waals surface area contributed by atoms with Crippen molar-refractivity contribution >= 4 is 10.8 Å². The van der Waals surface area contributed by atoms with Gasteiger partial charge < -0.3 is 0 Å². The maximum absolute atomic E-state index is 12.7. The molecule has 0 fully saturated rings. The highest BCUT2D eigenvalue weighted by Gasteiger charge is 2.04. The molecule has 0 aliphatic carbocycles. The van der Waals surface area contributed by atoms with Gasteiger partial charge in [0.25, 0.3) is 0 Å². The van der Waals surface area contributed by atoms with Crippen molar-refractivity contribution < 1.29 is 8.60 Å². The number of hydrogen-bond acceptors (Lipinski definition) is 1. The highest BCUT2D eigenvalue weighted by Crippen LogP contribution is 2.12. The predicted molar refractivity (Wildman–Crippen MR) is 63.0 cm³/mol. The van der Waals surface area contributed by atoms with Gasteiger partial charge in [0, 0.05) is 4.90 Å². The first-order chi connectivity index (χ1) is 7.75. The Balaban J connectivity index is 2.12. The maximum atomic E-state index is 12.7. The molecule has 0 N–H and O–H groups in total. The second kappa shape index (κ2) is 5.03. The van der Waals surface area contributed by atoms with Gasteiger partial charge in [-0.25, -0.2) is 4.39 Å². The van der Waals surface area contributed by atoms with E-state index < -0.39 is 10.8 Å². The summed E-state index contributed by atoms with van der Waals surface area (Å²) in [5.41, 5.74) is 1.02. The summed E-state index contributed by atoms with van der Waals surface area (Å²) in [6, 6.07) is 15.4. The maximum Gasteiger partial charge on any atom is 0.123 e. The topological polar surface area (TPSA) is 17.1 Å². The average molecular weight is 234 g/mol. The molecule has 82 valence electrons. The Bertz CT molecular complexity index is 479. The smallest absolute Gasteiger partial charge is 0.123 e. The van der Waals surface area contributed by atoms with E-state index >= 15 is 0 Å². The van der Waals surface area contributed by atoms with E-state index in [9.17, 15) is 8.60 Å². The molecule has 1 unspecified atom stereocenters. The van der Waals surface area contributed by atoms with Gasteiger partial charge in [0.15, 0.2) is 0 Å². The van der Waals surface area contributed by atoms with Crippen molar-refractivity contribution in [2.24, 2.45) is 0 Å². The van der Waals surface area contributed by atoms with Crippen molar-refractivity contribution in [2.75, 3.05) is 0 Å². The first kappa shape index (κ1) is 11.0. The summed E-state index contributed by atoms with van der Waals surface area (Å²) < 4.78 is 24.6. The Kier molecular flexibility index (Phi) is 3.47. The molecule has 0 bridgehead atoms. The Morgan fingerprint density at radius 1 is 0.938 bits per heavy atom. The first-order valence-corrected chi connectivity index (χ1v) is 6.25. The largest absolute Gasteiger partial charge is 0.254 e.